The fourth-order valence-electron chi connectivity index (χ4n) is 3.65. The lowest BCUT2D eigenvalue weighted by Crippen LogP contribution is -2.40. The molecule has 0 spiro atoms. The number of fused-ring (bicyclic) bond motifs is 3. The summed E-state index contributed by atoms with van der Waals surface area (Å²) in [7, 11) is 0. The highest BCUT2D eigenvalue weighted by Crippen LogP contribution is 2.24. The maximum absolute atomic E-state index is 12.8. The molecule has 126 valence electrons. The lowest BCUT2D eigenvalue weighted by Gasteiger charge is -2.33. The van der Waals surface area contributed by atoms with Crippen LogP contribution in [0.5, 0.6) is 0 Å². The van der Waals surface area contributed by atoms with Crippen molar-refractivity contribution < 1.29 is 0 Å². The molecular formula is C18H21ClN4O. The van der Waals surface area contributed by atoms with Gasteiger partial charge in [-0.15, -0.1) is 0 Å². The summed E-state index contributed by atoms with van der Waals surface area (Å²) < 4.78 is 1.71. The van der Waals surface area contributed by atoms with Crippen molar-refractivity contribution in [3.63, 3.8) is 0 Å². The molecule has 4 rings (SSSR count). The van der Waals surface area contributed by atoms with Gasteiger partial charge in [0.05, 0.1) is 6.33 Å². The summed E-state index contributed by atoms with van der Waals surface area (Å²) in [6, 6.07) is 6.15. The van der Waals surface area contributed by atoms with Crippen LogP contribution in [0.1, 0.15) is 26.2 Å². The predicted octanol–water partition coefficient (Wildman–Crippen LogP) is 3.41. The number of hydrogen-bond acceptors (Lipinski definition) is 3. The second kappa shape index (κ2) is 6.22. The first kappa shape index (κ1) is 15.7. The first-order chi connectivity index (χ1) is 11.6. The second-order valence-electron chi connectivity index (χ2n) is 6.66. The van der Waals surface area contributed by atoms with Crippen molar-refractivity contribution in [1.29, 1.82) is 0 Å². The van der Waals surface area contributed by atoms with Gasteiger partial charge in [0.15, 0.2) is 0 Å². The number of rotatable bonds is 3. The van der Waals surface area contributed by atoms with Crippen LogP contribution >= 0.6 is 11.6 Å². The van der Waals surface area contributed by atoms with Crippen LogP contribution < -0.4 is 5.56 Å². The Kier molecular flexibility index (Phi) is 4.06. The van der Waals surface area contributed by atoms with Crippen LogP contribution in [0.2, 0.25) is 5.02 Å². The van der Waals surface area contributed by atoms with Crippen LogP contribution in [0.3, 0.4) is 0 Å². The minimum Gasteiger partial charge on any atom is -0.349 e. The fourth-order valence-corrected chi connectivity index (χ4v) is 3.82. The molecule has 3 heterocycles. The molecule has 0 saturated carbocycles. The van der Waals surface area contributed by atoms with Crippen LogP contribution in [0.25, 0.3) is 21.9 Å². The number of aromatic amines is 1. The minimum absolute atomic E-state index is 0.0167. The van der Waals surface area contributed by atoms with E-state index >= 15 is 0 Å². The average Bonchev–Trinajstić information content (AvgIpc) is 2.94. The quantitative estimate of drug-likeness (QED) is 0.792. The number of piperidine rings is 1. The van der Waals surface area contributed by atoms with Crippen molar-refractivity contribution >= 4 is 33.5 Å². The Morgan fingerprint density at radius 1 is 1.33 bits per heavy atom. The predicted molar refractivity (Wildman–Crippen MR) is 97.8 cm³/mol. The van der Waals surface area contributed by atoms with Gasteiger partial charge >= 0.3 is 0 Å². The molecule has 1 aromatic carbocycles. The zero-order valence-electron chi connectivity index (χ0n) is 13.8. The Labute approximate surface area is 145 Å². The molecule has 24 heavy (non-hydrogen) atoms. The average molecular weight is 345 g/mol. The Hall–Kier alpha value is -1.85. The van der Waals surface area contributed by atoms with Gasteiger partial charge in [-0.3, -0.25) is 14.3 Å². The van der Waals surface area contributed by atoms with Gasteiger partial charge < -0.3 is 4.98 Å². The molecule has 1 aliphatic heterocycles. The largest absolute Gasteiger partial charge is 0.349 e. The first-order valence-corrected chi connectivity index (χ1v) is 8.92. The van der Waals surface area contributed by atoms with Crippen LogP contribution in [0.15, 0.2) is 29.3 Å². The van der Waals surface area contributed by atoms with Crippen molar-refractivity contribution in [3.8, 4) is 0 Å². The summed E-state index contributed by atoms with van der Waals surface area (Å²) in [6.45, 7) is 4.95. The summed E-state index contributed by atoms with van der Waals surface area (Å²) >= 11 is 6.07. The van der Waals surface area contributed by atoms with Gasteiger partial charge in [0.1, 0.15) is 11.0 Å². The SMILES string of the molecule is CC1CCCCN1CCn1cnc2c([nH]c3ccc(Cl)cc32)c1=O. The Bertz CT molecular complexity index is 945. The molecule has 0 bridgehead atoms. The van der Waals surface area contributed by atoms with E-state index in [9.17, 15) is 4.79 Å². The highest BCUT2D eigenvalue weighted by atomic mass is 35.5. The molecule has 0 radical (unpaired) electrons. The molecule has 1 fully saturated rings. The van der Waals surface area contributed by atoms with E-state index in [2.05, 4.69) is 21.8 Å². The van der Waals surface area contributed by atoms with Crippen molar-refractivity contribution in [2.75, 3.05) is 13.1 Å². The monoisotopic (exact) mass is 344 g/mol. The molecule has 1 atom stereocenters. The molecule has 0 amide bonds. The molecular weight excluding hydrogens is 324 g/mol. The molecule has 6 heteroatoms. The third-order valence-corrected chi connectivity index (χ3v) is 5.34. The van der Waals surface area contributed by atoms with E-state index < -0.39 is 0 Å². The maximum atomic E-state index is 12.8. The number of H-pyrrole nitrogens is 1. The summed E-state index contributed by atoms with van der Waals surface area (Å²) in [5.74, 6) is 0. The minimum atomic E-state index is -0.0167. The Morgan fingerprint density at radius 2 is 2.21 bits per heavy atom. The van der Waals surface area contributed by atoms with E-state index in [0.29, 0.717) is 28.6 Å². The van der Waals surface area contributed by atoms with Gasteiger partial charge in [0.25, 0.3) is 5.56 Å². The summed E-state index contributed by atoms with van der Waals surface area (Å²) in [5, 5.41) is 1.54. The maximum Gasteiger partial charge on any atom is 0.277 e. The Balaban J connectivity index is 1.66. The molecule has 1 unspecified atom stereocenters. The first-order valence-electron chi connectivity index (χ1n) is 8.54. The molecule has 0 aliphatic carbocycles. The number of hydrogen-bond donors (Lipinski definition) is 1. The number of aromatic nitrogens is 3. The van der Waals surface area contributed by atoms with E-state index in [1.165, 1.54) is 19.3 Å². The van der Waals surface area contributed by atoms with Gasteiger partial charge in [-0.05, 0) is 44.5 Å². The topological polar surface area (TPSA) is 53.9 Å². The number of nitrogens with zero attached hydrogens (tertiary/aromatic N) is 3. The molecule has 1 aliphatic rings. The van der Waals surface area contributed by atoms with Gasteiger partial charge in [-0.2, -0.15) is 0 Å². The third kappa shape index (κ3) is 2.72. The van der Waals surface area contributed by atoms with Crippen LogP contribution in [0.4, 0.5) is 0 Å². The van der Waals surface area contributed by atoms with Crippen LogP contribution in [-0.4, -0.2) is 38.6 Å². The van der Waals surface area contributed by atoms with Gasteiger partial charge in [0.2, 0.25) is 0 Å². The van der Waals surface area contributed by atoms with Gasteiger partial charge in [-0.1, -0.05) is 18.0 Å². The smallest absolute Gasteiger partial charge is 0.277 e. The highest BCUT2D eigenvalue weighted by Gasteiger charge is 2.18. The number of halogens is 1. The Morgan fingerprint density at radius 3 is 3.04 bits per heavy atom. The normalized spacial score (nSPS) is 19.3. The van der Waals surface area contributed by atoms with Crippen molar-refractivity contribution in [2.24, 2.45) is 0 Å². The van der Waals surface area contributed by atoms with E-state index in [4.69, 9.17) is 11.6 Å². The molecule has 2 aromatic heterocycles. The molecule has 5 nitrogen and oxygen atoms in total. The zero-order chi connectivity index (χ0) is 16.7. The van der Waals surface area contributed by atoms with E-state index in [-0.39, 0.29) is 5.56 Å². The number of benzene rings is 1. The molecule has 3 aromatic rings. The van der Waals surface area contributed by atoms with Crippen LogP contribution in [0, 0.1) is 0 Å². The highest BCUT2D eigenvalue weighted by molar-refractivity contribution is 6.31. The summed E-state index contributed by atoms with van der Waals surface area (Å²) in [6.07, 6.45) is 5.46. The molecule has 1 saturated heterocycles. The van der Waals surface area contributed by atoms with Gasteiger partial charge in [0, 0.05) is 35.1 Å². The zero-order valence-corrected chi connectivity index (χ0v) is 14.5. The standard InChI is InChI=1S/C18H21ClN4O/c1-12-4-2-3-7-22(12)8-9-23-11-20-16-14-10-13(19)5-6-15(14)21-17(16)18(23)24/h5-6,10-12,21H,2-4,7-9H2,1H3. The lowest BCUT2D eigenvalue weighted by molar-refractivity contribution is 0.154. The summed E-state index contributed by atoms with van der Waals surface area (Å²) in [5.41, 5.74) is 2.12. The van der Waals surface area contributed by atoms with E-state index in [1.54, 1.807) is 10.9 Å². The lowest BCUT2D eigenvalue weighted by atomic mass is 10.0. The van der Waals surface area contributed by atoms with E-state index in [1.807, 2.05) is 18.2 Å². The van der Waals surface area contributed by atoms with Crippen LogP contribution in [-0.2, 0) is 6.54 Å². The van der Waals surface area contributed by atoms with Crippen molar-refractivity contribution in [2.45, 2.75) is 38.8 Å². The summed E-state index contributed by atoms with van der Waals surface area (Å²) in [4.78, 5) is 22.9. The second-order valence-corrected chi connectivity index (χ2v) is 7.10. The van der Waals surface area contributed by atoms with Crippen molar-refractivity contribution in [3.05, 3.63) is 39.9 Å². The number of nitrogens with one attached hydrogen (secondary N) is 1. The number of likely N-dealkylation sites (tertiary alicyclic amines) is 1. The van der Waals surface area contributed by atoms with Gasteiger partial charge in [-0.25, -0.2) is 4.98 Å². The molecule has 1 N–H and O–H groups in total. The van der Waals surface area contributed by atoms with Crippen molar-refractivity contribution in [1.82, 2.24) is 19.4 Å². The third-order valence-electron chi connectivity index (χ3n) is 5.10. The fraction of sp³-hybridized carbons (Fsp3) is 0.444. The van der Waals surface area contributed by atoms with E-state index in [0.717, 1.165) is 24.0 Å².